The van der Waals surface area contributed by atoms with Gasteiger partial charge in [0.2, 0.25) is 10.0 Å². The van der Waals surface area contributed by atoms with Gasteiger partial charge in [-0.2, -0.15) is 9.40 Å². The first-order valence-electron chi connectivity index (χ1n) is 7.41. The van der Waals surface area contributed by atoms with Crippen molar-refractivity contribution in [1.82, 2.24) is 14.1 Å². The van der Waals surface area contributed by atoms with E-state index in [2.05, 4.69) is 5.10 Å². The zero-order valence-electron chi connectivity index (χ0n) is 13.1. The van der Waals surface area contributed by atoms with Gasteiger partial charge in [0.1, 0.15) is 0 Å². The van der Waals surface area contributed by atoms with Gasteiger partial charge in [-0.15, -0.1) is 0 Å². The van der Waals surface area contributed by atoms with Gasteiger partial charge in [0.05, 0.1) is 29.4 Å². The van der Waals surface area contributed by atoms with Gasteiger partial charge in [0.15, 0.2) is 0 Å². The number of carboxylic acids is 1. The standard InChI is InChI=1S/C16H17N3O4S/c1-12-2-5-15(6-3-12)24(22,23)18-8-9-19-14(11-18)10-13(17-19)4-7-16(20)21/h2-7,10H,8-9,11H2,1H3,(H,20,21)/b7-4+. The van der Waals surface area contributed by atoms with Crippen molar-refractivity contribution in [2.24, 2.45) is 0 Å². The molecule has 0 bridgehead atoms. The van der Waals surface area contributed by atoms with Crippen molar-refractivity contribution in [3.63, 3.8) is 0 Å². The maximum atomic E-state index is 12.7. The average molecular weight is 347 g/mol. The molecule has 0 fully saturated rings. The minimum absolute atomic E-state index is 0.212. The number of sulfonamides is 1. The molecule has 0 radical (unpaired) electrons. The number of aliphatic carboxylic acids is 1. The van der Waals surface area contributed by atoms with Crippen LogP contribution in [0.1, 0.15) is 17.0 Å². The molecule has 0 amide bonds. The van der Waals surface area contributed by atoms with Gasteiger partial charge >= 0.3 is 5.97 Å². The molecule has 0 spiro atoms. The number of aryl methyl sites for hydroxylation is 1. The zero-order valence-corrected chi connectivity index (χ0v) is 13.9. The van der Waals surface area contributed by atoms with Crippen LogP contribution in [0.3, 0.4) is 0 Å². The normalized spacial score (nSPS) is 15.5. The molecule has 2 aromatic rings. The third-order valence-corrected chi connectivity index (χ3v) is 5.70. The Morgan fingerprint density at radius 1 is 1.25 bits per heavy atom. The Morgan fingerprint density at radius 3 is 2.62 bits per heavy atom. The quantitative estimate of drug-likeness (QED) is 0.846. The van der Waals surface area contributed by atoms with E-state index in [1.807, 2.05) is 6.92 Å². The highest BCUT2D eigenvalue weighted by atomic mass is 32.2. The van der Waals surface area contributed by atoms with Gasteiger partial charge in [0, 0.05) is 12.6 Å². The van der Waals surface area contributed by atoms with E-state index in [1.54, 1.807) is 35.0 Å². The Balaban J connectivity index is 1.84. The molecule has 0 saturated carbocycles. The van der Waals surface area contributed by atoms with Crippen LogP contribution in [0.4, 0.5) is 0 Å². The third-order valence-electron chi connectivity index (χ3n) is 3.84. The minimum atomic E-state index is -3.56. The molecule has 2 heterocycles. The van der Waals surface area contributed by atoms with E-state index < -0.39 is 16.0 Å². The number of hydrogen-bond acceptors (Lipinski definition) is 4. The summed E-state index contributed by atoms with van der Waals surface area (Å²) in [6.45, 7) is 2.88. The summed E-state index contributed by atoms with van der Waals surface area (Å²) in [6, 6.07) is 8.47. The highest BCUT2D eigenvalue weighted by Crippen LogP contribution is 2.22. The Labute approximate surface area is 139 Å². The first-order valence-corrected chi connectivity index (χ1v) is 8.85. The molecule has 0 aliphatic carbocycles. The number of aromatic nitrogens is 2. The molecule has 24 heavy (non-hydrogen) atoms. The molecule has 7 nitrogen and oxygen atoms in total. The van der Waals surface area contributed by atoms with Crippen LogP contribution < -0.4 is 0 Å². The van der Waals surface area contributed by atoms with Crippen LogP contribution in [-0.4, -0.2) is 40.1 Å². The van der Waals surface area contributed by atoms with Crippen LogP contribution in [0.25, 0.3) is 6.08 Å². The van der Waals surface area contributed by atoms with Crippen LogP contribution in [0, 0.1) is 6.92 Å². The molecule has 8 heteroatoms. The first kappa shape index (κ1) is 16.4. The fraction of sp³-hybridized carbons (Fsp3) is 0.250. The van der Waals surface area contributed by atoms with E-state index in [4.69, 9.17) is 5.11 Å². The molecular formula is C16H17N3O4S. The van der Waals surface area contributed by atoms with Crippen LogP contribution in [0.15, 0.2) is 41.3 Å². The first-order chi connectivity index (χ1) is 11.4. The maximum Gasteiger partial charge on any atom is 0.328 e. The van der Waals surface area contributed by atoms with Gasteiger partial charge < -0.3 is 5.11 Å². The molecule has 0 atom stereocenters. The topological polar surface area (TPSA) is 92.5 Å². The highest BCUT2D eigenvalue weighted by Gasteiger charge is 2.29. The predicted molar refractivity (Wildman–Crippen MR) is 87.7 cm³/mol. The van der Waals surface area contributed by atoms with Gasteiger partial charge in [-0.1, -0.05) is 17.7 Å². The van der Waals surface area contributed by atoms with Gasteiger partial charge in [-0.3, -0.25) is 4.68 Å². The largest absolute Gasteiger partial charge is 0.478 e. The molecule has 0 saturated heterocycles. The molecular weight excluding hydrogens is 330 g/mol. The number of benzene rings is 1. The molecule has 1 aromatic heterocycles. The minimum Gasteiger partial charge on any atom is -0.478 e. The van der Waals surface area contributed by atoms with Crippen LogP contribution >= 0.6 is 0 Å². The van der Waals surface area contributed by atoms with Crippen LogP contribution in [0.5, 0.6) is 0 Å². The van der Waals surface area contributed by atoms with E-state index in [9.17, 15) is 13.2 Å². The molecule has 0 unspecified atom stereocenters. The summed E-state index contributed by atoms with van der Waals surface area (Å²) >= 11 is 0. The fourth-order valence-corrected chi connectivity index (χ4v) is 3.97. The van der Waals surface area contributed by atoms with Crippen molar-refractivity contribution in [2.75, 3.05) is 6.54 Å². The van der Waals surface area contributed by atoms with E-state index in [0.717, 1.165) is 17.3 Å². The van der Waals surface area contributed by atoms with Crippen molar-refractivity contribution in [1.29, 1.82) is 0 Å². The summed E-state index contributed by atoms with van der Waals surface area (Å²) in [6.07, 6.45) is 2.40. The lowest BCUT2D eigenvalue weighted by Crippen LogP contribution is -2.38. The van der Waals surface area contributed by atoms with Gasteiger partial charge in [-0.25, -0.2) is 13.2 Å². The van der Waals surface area contributed by atoms with E-state index in [0.29, 0.717) is 18.8 Å². The summed E-state index contributed by atoms with van der Waals surface area (Å²) in [5.41, 5.74) is 2.24. The van der Waals surface area contributed by atoms with Crippen molar-refractivity contribution in [3.8, 4) is 0 Å². The van der Waals surface area contributed by atoms with Gasteiger partial charge in [-0.05, 0) is 31.2 Å². The lowest BCUT2D eigenvalue weighted by molar-refractivity contribution is -0.131. The molecule has 1 N–H and O–H groups in total. The van der Waals surface area contributed by atoms with Crippen LogP contribution in [0.2, 0.25) is 0 Å². The Bertz CT molecular complexity index is 898. The van der Waals surface area contributed by atoms with Crippen molar-refractivity contribution >= 4 is 22.1 Å². The number of carbonyl (C=O) groups is 1. The Morgan fingerprint density at radius 2 is 1.96 bits per heavy atom. The summed E-state index contributed by atoms with van der Waals surface area (Å²) in [7, 11) is -3.56. The van der Waals surface area contributed by atoms with Crippen molar-refractivity contribution < 1.29 is 18.3 Å². The lowest BCUT2D eigenvalue weighted by atomic mass is 10.2. The second-order valence-corrected chi connectivity index (χ2v) is 7.54. The number of nitrogens with zero attached hydrogens (tertiary/aromatic N) is 3. The van der Waals surface area contributed by atoms with E-state index in [1.165, 1.54) is 10.4 Å². The maximum absolute atomic E-state index is 12.7. The number of carboxylic acid groups (broad SMARTS) is 1. The number of rotatable bonds is 4. The summed E-state index contributed by atoms with van der Waals surface area (Å²) in [5.74, 6) is -1.05. The summed E-state index contributed by atoms with van der Waals surface area (Å²) in [5, 5.41) is 12.9. The number of fused-ring (bicyclic) bond motifs is 1. The summed E-state index contributed by atoms with van der Waals surface area (Å²) in [4.78, 5) is 10.8. The third kappa shape index (κ3) is 3.24. The smallest absolute Gasteiger partial charge is 0.328 e. The molecule has 1 aliphatic rings. The summed E-state index contributed by atoms with van der Waals surface area (Å²) < 4.78 is 28.6. The SMILES string of the molecule is Cc1ccc(S(=O)(=O)N2CCn3nc(/C=C/C(=O)O)cc3C2)cc1. The zero-order chi connectivity index (χ0) is 17.3. The Kier molecular flexibility index (Phi) is 4.25. The molecule has 1 aliphatic heterocycles. The average Bonchev–Trinajstić information content (AvgIpc) is 2.95. The van der Waals surface area contributed by atoms with Crippen LogP contribution in [-0.2, 0) is 27.9 Å². The highest BCUT2D eigenvalue weighted by molar-refractivity contribution is 7.89. The second kappa shape index (κ2) is 6.21. The predicted octanol–water partition coefficient (Wildman–Crippen LogP) is 1.49. The Hall–Kier alpha value is -2.45. The van der Waals surface area contributed by atoms with E-state index >= 15 is 0 Å². The molecule has 3 rings (SSSR count). The van der Waals surface area contributed by atoms with E-state index in [-0.39, 0.29) is 11.4 Å². The van der Waals surface area contributed by atoms with Crippen molar-refractivity contribution in [2.45, 2.75) is 24.9 Å². The van der Waals surface area contributed by atoms with Crippen molar-refractivity contribution in [3.05, 3.63) is 53.4 Å². The molecule has 126 valence electrons. The van der Waals surface area contributed by atoms with Gasteiger partial charge in [0.25, 0.3) is 0 Å². The lowest BCUT2D eigenvalue weighted by Gasteiger charge is -2.26. The number of hydrogen-bond donors (Lipinski definition) is 1. The second-order valence-electron chi connectivity index (χ2n) is 5.61. The fourth-order valence-electron chi connectivity index (χ4n) is 2.57. The monoisotopic (exact) mass is 347 g/mol. The molecule has 1 aromatic carbocycles.